The smallest absolute Gasteiger partial charge is 0.390 e. The molecule has 2 aromatic carbocycles. The zero-order valence-electron chi connectivity index (χ0n) is 13.0. The van der Waals surface area contributed by atoms with E-state index in [1.807, 2.05) is 31.2 Å². The molecule has 0 saturated heterocycles. The fourth-order valence-corrected chi connectivity index (χ4v) is 3.03. The Kier molecular flexibility index (Phi) is 3.27. The number of furan rings is 1. The summed E-state index contributed by atoms with van der Waals surface area (Å²) in [5, 5.41) is 0.511. The number of fused-ring (bicyclic) bond motifs is 3. The fourth-order valence-electron chi connectivity index (χ4n) is 3.03. The number of carbonyl (C=O) groups excluding carboxylic acids is 1. The first kappa shape index (κ1) is 14.7. The molecule has 0 fully saturated rings. The zero-order valence-corrected chi connectivity index (χ0v) is 13.0. The first-order valence-corrected chi connectivity index (χ1v) is 7.54. The van der Waals surface area contributed by atoms with Crippen molar-refractivity contribution in [1.82, 2.24) is 0 Å². The van der Waals surface area contributed by atoms with Gasteiger partial charge in [0.05, 0.1) is 0 Å². The molecule has 1 unspecified atom stereocenters. The monoisotopic (exact) mass is 324 g/mol. The van der Waals surface area contributed by atoms with Crippen LogP contribution >= 0.6 is 0 Å². The zero-order chi connectivity index (χ0) is 16.8. The van der Waals surface area contributed by atoms with Crippen molar-refractivity contribution >= 4 is 23.8 Å². The summed E-state index contributed by atoms with van der Waals surface area (Å²) in [6, 6.07) is 10.7. The van der Waals surface area contributed by atoms with Gasteiger partial charge in [0.2, 0.25) is 0 Å². The van der Waals surface area contributed by atoms with Crippen molar-refractivity contribution in [1.29, 1.82) is 0 Å². The lowest BCUT2D eigenvalue weighted by molar-refractivity contribution is -0.358. The molecule has 0 radical (unpaired) electrons. The van der Waals surface area contributed by atoms with E-state index in [1.165, 1.54) is 6.07 Å². The van der Waals surface area contributed by atoms with Crippen LogP contribution in [0.3, 0.4) is 0 Å². The van der Waals surface area contributed by atoms with Crippen molar-refractivity contribution in [2.24, 2.45) is 0 Å². The van der Waals surface area contributed by atoms with Crippen molar-refractivity contribution in [2.45, 2.75) is 12.8 Å². The SMILES string of the molecule is C=[O+]c1ccc2c3c(oc2c1F)[C-](F)C(c1ccc(C)cc1)C=C3. The molecule has 0 amide bonds. The summed E-state index contributed by atoms with van der Waals surface area (Å²) < 4.78 is 39.5. The number of aryl methyl sites for hydroxylation is 1. The van der Waals surface area contributed by atoms with E-state index >= 15 is 0 Å². The quantitative estimate of drug-likeness (QED) is 0.443. The van der Waals surface area contributed by atoms with Crippen molar-refractivity contribution in [3.63, 3.8) is 0 Å². The molecular formula is C20H14F2O2. The third kappa shape index (κ3) is 2.07. The maximum Gasteiger partial charge on any atom is 0.390 e. The van der Waals surface area contributed by atoms with E-state index < -0.39 is 17.9 Å². The summed E-state index contributed by atoms with van der Waals surface area (Å²) in [5.41, 5.74) is 2.44. The molecule has 1 aromatic heterocycles. The molecule has 1 atom stereocenters. The van der Waals surface area contributed by atoms with E-state index in [9.17, 15) is 8.78 Å². The van der Waals surface area contributed by atoms with E-state index in [2.05, 4.69) is 6.79 Å². The van der Waals surface area contributed by atoms with E-state index in [-0.39, 0.29) is 17.1 Å². The summed E-state index contributed by atoms with van der Waals surface area (Å²) in [7, 11) is 0. The highest BCUT2D eigenvalue weighted by atomic mass is 19.1. The molecule has 24 heavy (non-hydrogen) atoms. The van der Waals surface area contributed by atoms with Crippen LogP contribution < -0.4 is 0 Å². The predicted octanol–water partition coefficient (Wildman–Crippen LogP) is 5.62. The second-order valence-corrected chi connectivity index (χ2v) is 5.84. The highest BCUT2D eigenvalue weighted by molar-refractivity contribution is 5.91. The van der Waals surface area contributed by atoms with Gasteiger partial charge in [-0.05, 0) is 19.0 Å². The Hall–Kier alpha value is -2.88. The second kappa shape index (κ2) is 5.34. The topological polar surface area (TPSA) is 24.4 Å². The largest absolute Gasteiger partial charge is 0.489 e. The van der Waals surface area contributed by atoms with Gasteiger partial charge in [0.25, 0.3) is 12.6 Å². The molecule has 4 rings (SSSR count). The molecule has 120 valence electrons. The van der Waals surface area contributed by atoms with Crippen LogP contribution in [0.5, 0.6) is 5.75 Å². The molecule has 1 heterocycles. The molecule has 0 bridgehead atoms. The highest BCUT2D eigenvalue weighted by Crippen LogP contribution is 2.45. The van der Waals surface area contributed by atoms with Gasteiger partial charge in [-0.15, -0.1) is 17.7 Å². The van der Waals surface area contributed by atoms with Gasteiger partial charge in [0, 0.05) is 11.8 Å². The van der Waals surface area contributed by atoms with Crippen LogP contribution in [-0.2, 0) is 4.42 Å². The fraction of sp³-hybridized carbons (Fsp3) is 0.100. The number of rotatable bonds is 2. The molecule has 3 aromatic rings. The average Bonchev–Trinajstić information content (AvgIpc) is 2.97. The Bertz CT molecular complexity index is 967. The lowest BCUT2D eigenvalue weighted by Crippen LogP contribution is -2.09. The van der Waals surface area contributed by atoms with Crippen LogP contribution in [0.25, 0.3) is 17.0 Å². The van der Waals surface area contributed by atoms with Gasteiger partial charge in [-0.1, -0.05) is 46.8 Å². The highest BCUT2D eigenvalue weighted by Gasteiger charge is 2.25. The van der Waals surface area contributed by atoms with Crippen LogP contribution in [0, 0.1) is 18.9 Å². The minimum atomic E-state index is -0.676. The van der Waals surface area contributed by atoms with Gasteiger partial charge in [-0.25, -0.2) is 4.42 Å². The van der Waals surface area contributed by atoms with Gasteiger partial charge < -0.3 is 8.81 Å². The first-order valence-electron chi connectivity index (χ1n) is 7.54. The number of benzene rings is 2. The third-order valence-electron chi connectivity index (χ3n) is 4.34. The number of hydrogen-bond acceptors (Lipinski definition) is 1. The lowest BCUT2D eigenvalue weighted by atomic mass is 9.86. The molecular weight excluding hydrogens is 310 g/mol. The van der Waals surface area contributed by atoms with E-state index in [0.29, 0.717) is 10.9 Å². The Morgan fingerprint density at radius 1 is 1.17 bits per heavy atom. The molecule has 0 N–H and O–H groups in total. The summed E-state index contributed by atoms with van der Waals surface area (Å²) in [6.45, 7) is 5.18. The molecule has 2 nitrogen and oxygen atoms in total. The van der Waals surface area contributed by atoms with Crippen LogP contribution in [0.15, 0.2) is 46.9 Å². The molecule has 0 spiro atoms. The van der Waals surface area contributed by atoms with Crippen LogP contribution in [-0.4, -0.2) is 6.79 Å². The van der Waals surface area contributed by atoms with Crippen molar-refractivity contribution in [3.05, 3.63) is 76.9 Å². The van der Waals surface area contributed by atoms with E-state index in [1.54, 1.807) is 18.2 Å². The number of allylic oxidation sites excluding steroid dienone is 1. The van der Waals surface area contributed by atoms with Gasteiger partial charge in [0.1, 0.15) is 0 Å². The summed E-state index contributed by atoms with van der Waals surface area (Å²) in [5.74, 6) is -1.18. The Balaban J connectivity index is 1.84. The van der Waals surface area contributed by atoms with Crippen LogP contribution in [0.1, 0.15) is 28.4 Å². The third-order valence-corrected chi connectivity index (χ3v) is 4.34. The normalized spacial score (nSPS) is 16.5. The Morgan fingerprint density at radius 3 is 2.62 bits per heavy atom. The minimum absolute atomic E-state index is 0.0227. The number of halogens is 2. The van der Waals surface area contributed by atoms with Crippen molar-refractivity contribution in [2.75, 3.05) is 0 Å². The Morgan fingerprint density at radius 2 is 1.92 bits per heavy atom. The van der Waals surface area contributed by atoms with E-state index in [4.69, 9.17) is 8.84 Å². The molecule has 0 aliphatic heterocycles. The van der Waals surface area contributed by atoms with Gasteiger partial charge in [-0.3, -0.25) is 0 Å². The van der Waals surface area contributed by atoms with Gasteiger partial charge in [-0.2, -0.15) is 4.39 Å². The molecule has 1 aliphatic rings. The molecule has 0 saturated carbocycles. The van der Waals surface area contributed by atoms with Crippen LogP contribution in [0.2, 0.25) is 0 Å². The standard InChI is InChI=1S/C20H14F2O2/c1-11-3-5-12(6-4-11)13-7-8-14-15-9-10-16(23-2)18(22)20(15)24-19(14)17(13)21/h3-10,13H,2H2,1H3. The predicted molar refractivity (Wildman–Crippen MR) is 89.1 cm³/mol. The maximum atomic E-state index is 15.0. The van der Waals surface area contributed by atoms with Crippen molar-refractivity contribution in [3.8, 4) is 5.75 Å². The Labute approximate surface area is 137 Å². The maximum absolute atomic E-state index is 15.0. The summed E-state index contributed by atoms with van der Waals surface area (Å²) >= 11 is 0. The molecule has 4 heteroatoms. The summed E-state index contributed by atoms with van der Waals surface area (Å²) in [4.78, 5) is 0. The second-order valence-electron chi connectivity index (χ2n) is 5.84. The van der Waals surface area contributed by atoms with Crippen LogP contribution in [0.4, 0.5) is 8.78 Å². The van der Waals surface area contributed by atoms with Crippen molar-refractivity contribution < 1.29 is 17.6 Å². The van der Waals surface area contributed by atoms with Gasteiger partial charge in [0.15, 0.2) is 5.58 Å². The number of hydrogen-bond donors (Lipinski definition) is 0. The first-order chi connectivity index (χ1) is 11.6. The van der Waals surface area contributed by atoms with Gasteiger partial charge >= 0.3 is 5.75 Å². The van der Waals surface area contributed by atoms with E-state index in [0.717, 1.165) is 11.1 Å². The lowest BCUT2D eigenvalue weighted by Gasteiger charge is -2.29. The molecule has 1 aliphatic carbocycles. The summed E-state index contributed by atoms with van der Waals surface area (Å²) in [6.07, 6.45) is 3.11. The average molecular weight is 324 g/mol. The minimum Gasteiger partial charge on any atom is -0.489 e.